The highest BCUT2D eigenvalue weighted by atomic mass is 35.5. The molecule has 0 aliphatic rings. The van der Waals surface area contributed by atoms with Crippen LogP contribution >= 0.6 is 23.2 Å². The third kappa shape index (κ3) is 84.6. The maximum Gasteiger partial charge on any atom is 0.0967 e. The predicted octanol–water partition coefficient (Wildman–Crippen LogP) is 3.39. The van der Waals surface area contributed by atoms with E-state index in [-0.39, 0.29) is 11.5 Å². The first-order chi connectivity index (χ1) is 3.33. The Balaban J connectivity index is -0.0000000575. The third-order valence-electron chi connectivity index (χ3n) is 0.500. The molecule has 0 atom stereocenters. The highest BCUT2D eigenvalue weighted by Crippen LogP contribution is 1.76. The number of rotatable bonds is 1. The Morgan fingerprint density at radius 3 is 1.12 bits per heavy atom. The first-order valence-corrected chi connectivity index (χ1v) is 3.52. The van der Waals surface area contributed by atoms with Crippen LogP contribution in [0, 0.1) is 0 Å². The van der Waals surface area contributed by atoms with Gasteiger partial charge in [0, 0.05) is 0 Å². The SMILES string of the molecule is CCCC.ClCCl.N. The van der Waals surface area contributed by atoms with Gasteiger partial charge in [0.15, 0.2) is 0 Å². The molecule has 0 unspecified atom stereocenters. The normalized spacial score (nSPS) is 6.00. The van der Waals surface area contributed by atoms with Crippen molar-refractivity contribution in [3.05, 3.63) is 0 Å². The Hall–Kier alpha value is 0.540. The molecular formula is C5H15Cl2N. The molecule has 0 aliphatic carbocycles. The Bertz CT molecular complexity index is 17.9. The second kappa shape index (κ2) is 25.7. The molecule has 54 valence electrons. The van der Waals surface area contributed by atoms with Gasteiger partial charge < -0.3 is 6.15 Å². The van der Waals surface area contributed by atoms with Crippen molar-refractivity contribution in [3.8, 4) is 0 Å². The molecule has 0 saturated carbocycles. The van der Waals surface area contributed by atoms with E-state index < -0.39 is 0 Å². The summed E-state index contributed by atoms with van der Waals surface area (Å²) >= 11 is 9.53. The van der Waals surface area contributed by atoms with Crippen LogP contribution in [0.3, 0.4) is 0 Å². The molecular weight excluding hydrogens is 145 g/mol. The van der Waals surface area contributed by atoms with Gasteiger partial charge >= 0.3 is 0 Å². The summed E-state index contributed by atoms with van der Waals surface area (Å²) in [7, 11) is 0. The van der Waals surface area contributed by atoms with Crippen LogP contribution in [0.15, 0.2) is 0 Å². The Kier molecular flexibility index (Phi) is 50.9. The van der Waals surface area contributed by atoms with Crippen LogP contribution in [-0.4, -0.2) is 5.34 Å². The van der Waals surface area contributed by atoms with E-state index in [4.69, 9.17) is 23.2 Å². The average Bonchev–Trinajstić information content (AvgIpc) is 1.69. The van der Waals surface area contributed by atoms with Gasteiger partial charge in [0.25, 0.3) is 0 Å². The minimum Gasteiger partial charge on any atom is -0.344 e. The summed E-state index contributed by atoms with van der Waals surface area (Å²) in [5.41, 5.74) is 0. The van der Waals surface area contributed by atoms with E-state index in [0.29, 0.717) is 0 Å². The van der Waals surface area contributed by atoms with Gasteiger partial charge in [-0.05, 0) is 0 Å². The van der Waals surface area contributed by atoms with E-state index in [9.17, 15) is 0 Å². The van der Waals surface area contributed by atoms with Gasteiger partial charge in [-0.15, -0.1) is 23.2 Å². The van der Waals surface area contributed by atoms with Gasteiger partial charge in [-0.3, -0.25) is 0 Å². The highest BCUT2D eigenvalue weighted by molar-refractivity contribution is 6.40. The van der Waals surface area contributed by atoms with Crippen molar-refractivity contribution in [3.63, 3.8) is 0 Å². The third-order valence-corrected chi connectivity index (χ3v) is 0.500. The number of halogens is 2. The largest absolute Gasteiger partial charge is 0.344 e. The first-order valence-electron chi connectivity index (χ1n) is 2.45. The summed E-state index contributed by atoms with van der Waals surface area (Å²) in [6.45, 7) is 4.36. The van der Waals surface area contributed by atoms with Crippen LogP contribution in [-0.2, 0) is 0 Å². The quantitative estimate of drug-likeness (QED) is 0.586. The summed E-state index contributed by atoms with van der Waals surface area (Å²) < 4.78 is 0. The topological polar surface area (TPSA) is 35.0 Å². The van der Waals surface area contributed by atoms with E-state index in [2.05, 4.69) is 13.8 Å². The zero-order valence-corrected chi connectivity index (χ0v) is 7.10. The second-order valence-corrected chi connectivity index (χ2v) is 1.91. The maximum absolute atomic E-state index is 4.76. The summed E-state index contributed by atoms with van der Waals surface area (Å²) in [6, 6.07) is 0. The molecule has 0 rings (SSSR count). The van der Waals surface area contributed by atoms with E-state index in [1.807, 2.05) is 0 Å². The van der Waals surface area contributed by atoms with Crippen molar-refractivity contribution in [2.24, 2.45) is 0 Å². The molecule has 0 aromatic carbocycles. The molecule has 3 N–H and O–H groups in total. The van der Waals surface area contributed by atoms with Crippen LogP contribution in [0.25, 0.3) is 0 Å². The lowest BCUT2D eigenvalue weighted by Crippen LogP contribution is -1.47. The summed E-state index contributed by atoms with van der Waals surface area (Å²) in [4.78, 5) is 0. The average molecular weight is 160 g/mol. The van der Waals surface area contributed by atoms with Crippen molar-refractivity contribution >= 4 is 23.2 Å². The number of alkyl halides is 2. The first kappa shape index (κ1) is 15.8. The Labute approximate surface area is 61.9 Å². The second-order valence-electron chi connectivity index (χ2n) is 1.10. The number of hydrogen-bond acceptors (Lipinski definition) is 1. The number of unbranched alkanes of at least 4 members (excludes halogenated alkanes) is 1. The minimum absolute atomic E-state index is 0. The van der Waals surface area contributed by atoms with E-state index >= 15 is 0 Å². The lowest BCUT2D eigenvalue weighted by Gasteiger charge is -1.68. The maximum atomic E-state index is 4.76. The van der Waals surface area contributed by atoms with Gasteiger partial charge in [0.1, 0.15) is 0 Å². The highest BCUT2D eigenvalue weighted by Gasteiger charge is 1.56. The molecule has 0 aromatic heterocycles. The van der Waals surface area contributed by atoms with Gasteiger partial charge in [-0.1, -0.05) is 26.7 Å². The van der Waals surface area contributed by atoms with Crippen LogP contribution in [0.5, 0.6) is 0 Å². The minimum atomic E-state index is 0. The molecule has 0 aliphatic heterocycles. The van der Waals surface area contributed by atoms with Crippen molar-refractivity contribution in [1.82, 2.24) is 6.15 Å². The fourth-order valence-electron chi connectivity index (χ4n) is 0. The van der Waals surface area contributed by atoms with Crippen LogP contribution in [0.2, 0.25) is 0 Å². The Morgan fingerprint density at radius 1 is 1.00 bits per heavy atom. The molecule has 0 radical (unpaired) electrons. The molecule has 8 heavy (non-hydrogen) atoms. The van der Waals surface area contributed by atoms with Crippen molar-refractivity contribution in [2.75, 3.05) is 5.34 Å². The molecule has 0 saturated heterocycles. The van der Waals surface area contributed by atoms with Gasteiger partial charge in [0.05, 0.1) is 5.34 Å². The monoisotopic (exact) mass is 159 g/mol. The van der Waals surface area contributed by atoms with Crippen molar-refractivity contribution in [2.45, 2.75) is 26.7 Å². The van der Waals surface area contributed by atoms with Crippen molar-refractivity contribution in [1.29, 1.82) is 0 Å². The van der Waals surface area contributed by atoms with Gasteiger partial charge in [-0.2, -0.15) is 0 Å². The van der Waals surface area contributed by atoms with Gasteiger partial charge in [0.2, 0.25) is 0 Å². The zero-order valence-electron chi connectivity index (χ0n) is 5.58. The zero-order chi connectivity index (χ0) is 6.12. The molecule has 0 fully saturated rings. The lowest BCUT2D eigenvalue weighted by atomic mass is 10.4. The Morgan fingerprint density at radius 2 is 1.12 bits per heavy atom. The van der Waals surface area contributed by atoms with Crippen LogP contribution in [0.1, 0.15) is 26.7 Å². The van der Waals surface area contributed by atoms with Gasteiger partial charge in [-0.25, -0.2) is 0 Å². The predicted molar refractivity (Wildman–Crippen MR) is 42.2 cm³/mol. The van der Waals surface area contributed by atoms with E-state index in [1.165, 1.54) is 12.8 Å². The molecule has 0 spiro atoms. The molecule has 0 amide bonds. The fraction of sp³-hybridized carbons (Fsp3) is 1.00. The lowest BCUT2D eigenvalue weighted by molar-refractivity contribution is 0.886. The van der Waals surface area contributed by atoms with E-state index in [0.717, 1.165) is 0 Å². The molecule has 0 bridgehead atoms. The van der Waals surface area contributed by atoms with Crippen LogP contribution in [0.4, 0.5) is 0 Å². The molecule has 3 heteroatoms. The fourth-order valence-corrected chi connectivity index (χ4v) is 0. The van der Waals surface area contributed by atoms with E-state index in [1.54, 1.807) is 0 Å². The summed E-state index contributed by atoms with van der Waals surface area (Å²) in [5, 5.41) is 0.194. The molecule has 1 nitrogen and oxygen atoms in total. The van der Waals surface area contributed by atoms with Crippen molar-refractivity contribution < 1.29 is 0 Å². The molecule has 0 heterocycles. The summed E-state index contributed by atoms with van der Waals surface area (Å²) in [6.07, 6.45) is 2.64. The summed E-state index contributed by atoms with van der Waals surface area (Å²) in [5.74, 6) is 0. The smallest absolute Gasteiger partial charge is 0.0967 e. The standard InChI is InChI=1S/C4H10.CH2Cl2.H3N/c1-3-4-2;2-1-3;/h3-4H2,1-2H3;1H2;1H3. The number of hydrogen-bond donors (Lipinski definition) is 1. The molecule has 0 aromatic rings. The van der Waals surface area contributed by atoms with Crippen LogP contribution < -0.4 is 6.15 Å².